The minimum absolute atomic E-state index is 0.0127. The fraction of sp³-hybridized carbons (Fsp3) is 0.457. The molecule has 294 valence electrons. The van der Waals surface area contributed by atoms with Crippen LogP contribution < -0.4 is 0 Å². The molecule has 1 heterocycles. The Morgan fingerprint density at radius 1 is 0.782 bits per heavy atom. The maximum absolute atomic E-state index is 14.7. The third kappa shape index (κ3) is 9.83. The maximum Gasteiger partial charge on any atom is 0.331 e. The highest BCUT2D eigenvalue weighted by Crippen LogP contribution is 2.49. The second-order valence-corrected chi connectivity index (χ2v) is 17.0. The standard InChI is InChI=1S/C46H59N2O6P/c1-9-13-14-19-35(18-10-2)30-48-43-24-23-36(42(47-54-34(8)49)22-17-25-55(51,52-11-3)53-12-4)28-39(43)40-29-41(37-20-15-16-21-38(37)45(40)48)46(50)44-32(6)26-31(5)27-33(44)7/h15-16,20-21,23-24,26-29,35H,9-14,17-19,22,25,30H2,1-8H3/b47-42+. The average molecular weight is 767 g/mol. The molecule has 0 aliphatic heterocycles. The van der Waals surface area contributed by atoms with Gasteiger partial charge in [0, 0.05) is 51.8 Å². The van der Waals surface area contributed by atoms with E-state index < -0.39 is 13.6 Å². The number of hydrogen-bond donors (Lipinski definition) is 0. The van der Waals surface area contributed by atoms with Crippen molar-refractivity contribution in [2.75, 3.05) is 19.4 Å². The van der Waals surface area contributed by atoms with Crippen molar-refractivity contribution in [3.8, 4) is 0 Å². The molecular weight excluding hydrogens is 707 g/mol. The van der Waals surface area contributed by atoms with Gasteiger partial charge in [-0.3, -0.25) is 9.36 Å². The first-order chi connectivity index (χ1) is 26.4. The molecule has 0 aliphatic rings. The van der Waals surface area contributed by atoms with Gasteiger partial charge in [0.1, 0.15) is 0 Å². The van der Waals surface area contributed by atoms with E-state index in [1.807, 2.05) is 26.0 Å². The van der Waals surface area contributed by atoms with Crippen LogP contribution in [-0.2, 0) is 29.8 Å². The van der Waals surface area contributed by atoms with Gasteiger partial charge in [-0.1, -0.05) is 92.7 Å². The quantitative estimate of drug-likeness (QED) is 0.0195. The second-order valence-electron chi connectivity index (χ2n) is 14.9. The van der Waals surface area contributed by atoms with E-state index in [0.717, 1.165) is 86.2 Å². The average Bonchev–Trinajstić information content (AvgIpc) is 3.44. The third-order valence-electron chi connectivity index (χ3n) is 10.5. The fourth-order valence-electron chi connectivity index (χ4n) is 8.23. The summed E-state index contributed by atoms with van der Waals surface area (Å²) in [6.07, 6.45) is 8.06. The number of aryl methyl sites for hydroxylation is 3. The summed E-state index contributed by atoms with van der Waals surface area (Å²) in [6.45, 7) is 17.0. The molecule has 1 unspecified atom stereocenters. The number of oxime groups is 1. The van der Waals surface area contributed by atoms with Crippen molar-refractivity contribution in [1.29, 1.82) is 0 Å². The smallest absolute Gasteiger partial charge is 0.331 e. The summed E-state index contributed by atoms with van der Waals surface area (Å²) >= 11 is 0. The highest BCUT2D eigenvalue weighted by molar-refractivity contribution is 7.53. The first-order valence-electron chi connectivity index (χ1n) is 20.2. The van der Waals surface area contributed by atoms with Crippen LogP contribution in [0.4, 0.5) is 0 Å². The molecule has 0 saturated heterocycles. The van der Waals surface area contributed by atoms with E-state index in [1.165, 1.54) is 26.2 Å². The topological polar surface area (TPSA) is 96.2 Å². The van der Waals surface area contributed by atoms with Crippen LogP contribution in [0.25, 0.3) is 32.6 Å². The molecule has 55 heavy (non-hydrogen) atoms. The van der Waals surface area contributed by atoms with E-state index in [9.17, 15) is 14.2 Å². The van der Waals surface area contributed by atoms with Crippen LogP contribution in [0.5, 0.6) is 0 Å². The Hall–Kier alpha value is -4.10. The van der Waals surface area contributed by atoms with Gasteiger partial charge in [-0.2, -0.15) is 0 Å². The molecule has 1 aromatic heterocycles. The van der Waals surface area contributed by atoms with E-state index >= 15 is 0 Å². The molecule has 5 rings (SSSR count). The van der Waals surface area contributed by atoms with Gasteiger partial charge in [0.2, 0.25) is 0 Å². The van der Waals surface area contributed by atoms with E-state index in [-0.39, 0.29) is 25.2 Å². The van der Waals surface area contributed by atoms with Crippen LogP contribution in [0.15, 0.2) is 65.8 Å². The van der Waals surface area contributed by atoms with Crippen LogP contribution in [-0.4, -0.2) is 41.4 Å². The van der Waals surface area contributed by atoms with Crippen molar-refractivity contribution < 1.29 is 28.0 Å². The zero-order chi connectivity index (χ0) is 39.7. The van der Waals surface area contributed by atoms with E-state index in [4.69, 9.17) is 13.9 Å². The van der Waals surface area contributed by atoms with Gasteiger partial charge in [0.15, 0.2) is 5.78 Å². The Labute approximate surface area is 327 Å². The molecular formula is C46H59N2O6P. The number of carbonyl (C=O) groups excluding carboxylic acids is 2. The number of nitrogens with zero attached hydrogens (tertiary/aromatic N) is 2. The number of carbonyl (C=O) groups is 2. The number of fused-ring (bicyclic) bond motifs is 5. The van der Waals surface area contributed by atoms with Crippen LogP contribution >= 0.6 is 7.60 Å². The van der Waals surface area contributed by atoms with Crippen molar-refractivity contribution in [1.82, 2.24) is 4.57 Å². The van der Waals surface area contributed by atoms with Crippen molar-refractivity contribution in [3.63, 3.8) is 0 Å². The van der Waals surface area contributed by atoms with Crippen molar-refractivity contribution in [2.45, 2.75) is 113 Å². The molecule has 0 fully saturated rings. The highest BCUT2D eigenvalue weighted by atomic mass is 31.2. The van der Waals surface area contributed by atoms with Crippen LogP contribution in [0.2, 0.25) is 0 Å². The lowest BCUT2D eigenvalue weighted by Gasteiger charge is -2.20. The molecule has 9 heteroatoms. The van der Waals surface area contributed by atoms with Crippen molar-refractivity contribution in [2.24, 2.45) is 11.1 Å². The first-order valence-corrected chi connectivity index (χ1v) is 21.9. The van der Waals surface area contributed by atoms with Gasteiger partial charge in [0.05, 0.1) is 30.6 Å². The molecule has 0 amide bonds. The SMILES string of the molecule is CCCCCC(CCC)Cn1c2ccc(/C(CCCP(=O)(OCC)OCC)=N/OC(C)=O)cc2c2cc(C(=O)c3c(C)cc(C)cc3C)c3ccccc3c21. The Kier molecular flexibility index (Phi) is 14.7. The lowest BCUT2D eigenvalue weighted by atomic mass is 9.89. The largest absolute Gasteiger partial charge is 0.340 e. The summed E-state index contributed by atoms with van der Waals surface area (Å²) in [6, 6.07) is 20.8. The summed E-state index contributed by atoms with van der Waals surface area (Å²) in [4.78, 5) is 31.9. The summed E-state index contributed by atoms with van der Waals surface area (Å²) in [5, 5.41) is 8.28. The lowest BCUT2D eigenvalue weighted by Crippen LogP contribution is -2.12. The monoisotopic (exact) mass is 766 g/mol. The van der Waals surface area contributed by atoms with Crippen molar-refractivity contribution >= 4 is 57.6 Å². The summed E-state index contributed by atoms with van der Waals surface area (Å²) in [5.41, 5.74) is 8.02. The number of hydrogen-bond acceptors (Lipinski definition) is 7. The van der Waals surface area contributed by atoms with Gasteiger partial charge < -0.3 is 18.5 Å². The Morgan fingerprint density at radius 3 is 2.11 bits per heavy atom. The van der Waals surface area contributed by atoms with E-state index in [1.54, 1.807) is 13.8 Å². The van der Waals surface area contributed by atoms with Crippen LogP contribution in [0, 0.1) is 26.7 Å². The van der Waals surface area contributed by atoms with Gasteiger partial charge in [-0.15, -0.1) is 0 Å². The van der Waals surface area contributed by atoms with Gasteiger partial charge in [-0.05, 0) is 101 Å². The fourth-order valence-corrected chi connectivity index (χ4v) is 9.90. The molecule has 8 nitrogen and oxygen atoms in total. The van der Waals surface area contributed by atoms with Gasteiger partial charge >= 0.3 is 13.6 Å². The normalized spacial score (nSPS) is 12.9. The van der Waals surface area contributed by atoms with E-state index in [0.29, 0.717) is 30.0 Å². The molecule has 0 spiro atoms. The summed E-state index contributed by atoms with van der Waals surface area (Å²) in [7, 11) is -3.28. The number of benzene rings is 4. The van der Waals surface area contributed by atoms with Crippen LogP contribution in [0.1, 0.15) is 124 Å². The Balaban J connectivity index is 1.74. The van der Waals surface area contributed by atoms with E-state index in [2.05, 4.69) is 79.0 Å². The minimum Gasteiger partial charge on any atom is -0.340 e. The Bertz CT molecular complexity index is 2200. The summed E-state index contributed by atoms with van der Waals surface area (Å²) in [5.74, 6) is -0.00929. The van der Waals surface area contributed by atoms with Crippen LogP contribution in [0.3, 0.4) is 0 Å². The number of rotatable bonds is 20. The maximum atomic E-state index is 14.7. The van der Waals surface area contributed by atoms with Gasteiger partial charge in [0.25, 0.3) is 0 Å². The molecule has 0 bridgehead atoms. The zero-order valence-electron chi connectivity index (χ0n) is 34.1. The number of aromatic nitrogens is 1. The highest BCUT2D eigenvalue weighted by Gasteiger charge is 2.26. The lowest BCUT2D eigenvalue weighted by molar-refractivity contribution is -0.140. The van der Waals surface area contributed by atoms with Crippen molar-refractivity contribution in [3.05, 3.63) is 94.0 Å². The molecule has 4 aromatic carbocycles. The predicted octanol–water partition coefficient (Wildman–Crippen LogP) is 12.4. The molecule has 0 radical (unpaired) electrons. The molecule has 0 N–H and O–H groups in total. The number of unbranched alkanes of at least 4 members (excludes halogenated alkanes) is 2. The third-order valence-corrected chi connectivity index (χ3v) is 12.6. The molecule has 5 aromatic rings. The predicted molar refractivity (Wildman–Crippen MR) is 227 cm³/mol. The second kappa shape index (κ2) is 19.2. The van der Waals surface area contributed by atoms with Gasteiger partial charge in [-0.25, -0.2) is 4.79 Å². The minimum atomic E-state index is -3.28. The molecule has 1 atom stereocenters. The number of ketones is 1. The molecule has 0 saturated carbocycles. The Morgan fingerprint density at radius 2 is 1.47 bits per heavy atom. The summed E-state index contributed by atoms with van der Waals surface area (Å²) < 4.78 is 26.8. The molecule has 0 aliphatic carbocycles. The first kappa shape index (κ1) is 42.1. The zero-order valence-corrected chi connectivity index (χ0v) is 35.0.